The highest BCUT2D eigenvalue weighted by atomic mass is 16.3. The number of aromatic nitrogens is 1. The Morgan fingerprint density at radius 3 is 2.70 bits per heavy atom. The molecule has 10 heteroatoms. The van der Waals surface area contributed by atoms with E-state index in [1.54, 1.807) is 19.2 Å². The number of aliphatic hydroxyl groups is 1. The lowest BCUT2D eigenvalue weighted by atomic mass is 10.00. The number of piperazine rings is 1. The molecule has 3 heterocycles. The number of hydrogen-bond acceptors (Lipinski definition) is 9. The normalized spacial score (nSPS) is 24.4. The highest BCUT2D eigenvalue weighted by Gasteiger charge is 2.38. The van der Waals surface area contributed by atoms with Gasteiger partial charge in [0.1, 0.15) is 11.4 Å². The molecular formula is C30H40N8O2. The second-order valence-electron chi connectivity index (χ2n) is 11.3. The molecule has 1 fully saturated rings. The Hall–Kier alpha value is -3.89. The van der Waals surface area contributed by atoms with Gasteiger partial charge in [0.05, 0.1) is 11.3 Å². The number of amides is 1. The van der Waals surface area contributed by atoms with E-state index >= 15 is 0 Å². The number of hydrogen-bond donors (Lipinski definition) is 5. The lowest BCUT2D eigenvalue weighted by molar-refractivity contribution is -0.117. The lowest BCUT2D eigenvalue weighted by Crippen LogP contribution is -2.49. The van der Waals surface area contributed by atoms with Gasteiger partial charge in [-0.15, -0.1) is 6.58 Å². The third-order valence-corrected chi connectivity index (χ3v) is 7.91. The number of carbonyl (C=O) groups excluding carboxylic acids is 1. The minimum absolute atomic E-state index is 0.272. The number of aliphatic imine (C=N–C) groups is 1. The molecule has 5 rings (SSSR count). The number of fused-ring (bicyclic) bond motifs is 1. The number of pyridine rings is 1. The standard InChI is InChI=1S/C30H40N8O2/c1-6-13-31-27(39)23-19-32-28(33-22-8-9-24(20(2)18-22)38-16-14-37(5)15-17-38)36-30(23,4)35-25-10-7-21-11-12-29(3,40)26(21)34-25/h6-10,18-19,40H,1,11-17H2,2-5H3,(H,31,39)(H,34,35)(H2,32,33,36)/t29-,30?/m1/s1. The molecule has 2 aliphatic heterocycles. The van der Waals surface area contributed by atoms with Crippen molar-refractivity contribution in [1.29, 1.82) is 0 Å². The van der Waals surface area contributed by atoms with E-state index in [1.807, 2.05) is 19.1 Å². The van der Waals surface area contributed by atoms with Gasteiger partial charge >= 0.3 is 0 Å². The van der Waals surface area contributed by atoms with Crippen molar-refractivity contribution in [3.8, 4) is 0 Å². The molecule has 1 aliphatic carbocycles. The predicted octanol–water partition coefficient (Wildman–Crippen LogP) is 2.68. The molecule has 3 aliphatic rings. The van der Waals surface area contributed by atoms with Gasteiger partial charge in [0.2, 0.25) is 5.96 Å². The molecule has 1 aromatic carbocycles. The second kappa shape index (κ2) is 10.9. The van der Waals surface area contributed by atoms with E-state index in [4.69, 9.17) is 9.98 Å². The topological polar surface area (TPSA) is 117 Å². The van der Waals surface area contributed by atoms with Crippen LogP contribution in [-0.2, 0) is 16.8 Å². The van der Waals surface area contributed by atoms with Crippen molar-refractivity contribution in [2.24, 2.45) is 4.99 Å². The zero-order chi connectivity index (χ0) is 28.5. The van der Waals surface area contributed by atoms with Crippen molar-refractivity contribution < 1.29 is 9.90 Å². The highest BCUT2D eigenvalue weighted by molar-refractivity contribution is 6.02. The molecule has 5 N–H and O–H groups in total. The van der Waals surface area contributed by atoms with Gasteiger partial charge in [-0.25, -0.2) is 9.98 Å². The summed E-state index contributed by atoms with van der Waals surface area (Å²) in [7, 11) is 2.16. The minimum atomic E-state index is -1.14. The maximum absolute atomic E-state index is 13.1. The Kier molecular flexibility index (Phi) is 7.57. The van der Waals surface area contributed by atoms with Crippen LogP contribution in [0.5, 0.6) is 0 Å². The molecule has 1 aromatic heterocycles. The van der Waals surface area contributed by atoms with Crippen LogP contribution in [0.25, 0.3) is 0 Å². The molecule has 1 saturated heterocycles. The van der Waals surface area contributed by atoms with Gasteiger partial charge in [-0.3, -0.25) is 4.79 Å². The van der Waals surface area contributed by atoms with E-state index < -0.39 is 11.3 Å². The van der Waals surface area contributed by atoms with Crippen molar-refractivity contribution in [1.82, 2.24) is 20.5 Å². The molecule has 10 nitrogen and oxygen atoms in total. The number of nitrogens with one attached hydrogen (secondary N) is 4. The molecule has 212 valence electrons. The number of rotatable bonds is 7. The first-order valence-electron chi connectivity index (χ1n) is 13.9. The monoisotopic (exact) mass is 544 g/mol. The van der Waals surface area contributed by atoms with Crippen LogP contribution in [-0.4, -0.2) is 72.3 Å². The molecule has 0 spiro atoms. The van der Waals surface area contributed by atoms with Crippen LogP contribution in [0.2, 0.25) is 0 Å². The van der Waals surface area contributed by atoms with Crippen LogP contribution in [0.15, 0.2) is 59.8 Å². The smallest absolute Gasteiger partial charge is 0.253 e. The third kappa shape index (κ3) is 5.68. The fourth-order valence-electron chi connectivity index (χ4n) is 5.55. The summed E-state index contributed by atoms with van der Waals surface area (Å²) in [6.45, 7) is 13.9. The molecule has 0 bridgehead atoms. The van der Waals surface area contributed by atoms with E-state index in [9.17, 15) is 9.90 Å². The van der Waals surface area contributed by atoms with Gasteiger partial charge in [-0.2, -0.15) is 0 Å². The Balaban J connectivity index is 1.39. The molecule has 2 aromatic rings. The number of aryl methyl sites for hydroxylation is 2. The largest absolute Gasteiger partial charge is 0.384 e. The number of nitrogens with zero attached hydrogens (tertiary/aromatic N) is 4. The van der Waals surface area contributed by atoms with E-state index in [2.05, 4.69) is 69.8 Å². The van der Waals surface area contributed by atoms with Crippen molar-refractivity contribution in [2.45, 2.75) is 44.9 Å². The fourth-order valence-corrected chi connectivity index (χ4v) is 5.55. The summed E-state index contributed by atoms with van der Waals surface area (Å²) in [5.41, 5.74) is 3.29. The molecular weight excluding hydrogens is 504 g/mol. The second-order valence-corrected chi connectivity index (χ2v) is 11.3. The molecule has 0 saturated carbocycles. The first-order valence-corrected chi connectivity index (χ1v) is 13.9. The van der Waals surface area contributed by atoms with Crippen molar-refractivity contribution in [2.75, 3.05) is 55.3 Å². The van der Waals surface area contributed by atoms with Crippen LogP contribution in [0.4, 0.5) is 17.2 Å². The summed E-state index contributed by atoms with van der Waals surface area (Å²) in [5, 5.41) is 23.5. The molecule has 40 heavy (non-hydrogen) atoms. The van der Waals surface area contributed by atoms with Gasteiger partial charge in [0.15, 0.2) is 5.66 Å². The van der Waals surface area contributed by atoms with Gasteiger partial charge in [0, 0.05) is 50.3 Å². The fraction of sp³-hybridized carbons (Fsp3) is 0.433. The quantitative estimate of drug-likeness (QED) is 0.338. The number of anilines is 3. The number of guanidine groups is 1. The van der Waals surface area contributed by atoms with Crippen LogP contribution in [0.1, 0.15) is 37.1 Å². The Labute approximate surface area is 236 Å². The zero-order valence-electron chi connectivity index (χ0n) is 23.8. The Morgan fingerprint density at radius 1 is 1.20 bits per heavy atom. The van der Waals surface area contributed by atoms with E-state index in [0.717, 1.165) is 43.9 Å². The average Bonchev–Trinajstić information content (AvgIpc) is 3.21. The van der Waals surface area contributed by atoms with Crippen molar-refractivity contribution in [3.05, 3.63) is 71.6 Å². The maximum atomic E-state index is 13.1. The Morgan fingerprint density at radius 2 is 1.98 bits per heavy atom. The lowest BCUT2D eigenvalue weighted by Gasteiger charge is -2.35. The molecule has 1 amide bonds. The van der Waals surface area contributed by atoms with Crippen LogP contribution >= 0.6 is 0 Å². The van der Waals surface area contributed by atoms with E-state index in [0.29, 0.717) is 36.0 Å². The first-order chi connectivity index (χ1) is 19.1. The summed E-state index contributed by atoms with van der Waals surface area (Å²) < 4.78 is 0. The number of benzene rings is 1. The summed E-state index contributed by atoms with van der Waals surface area (Å²) in [6.07, 6.45) is 4.71. The van der Waals surface area contributed by atoms with Crippen LogP contribution in [0, 0.1) is 6.92 Å². The summed E-state index contributed by atoms with van der Waals surface area (Å²) in [4.78, 5) is 27.5. The van der Waals surface area contributed by atoms with Crippen molar-refractivity contribution in [3.63, 3.8) is 0 Å². The number of likely N-dealkylation sites (N-methyl/N-ethyl adjacent to an activating group) is 1. The van der Waals surface area contributed by atoms with Crippen LogP contribution in [0.3, 0.4) is 0 Å². The van der Waals surface area contributed by atoms with Gasteiger partial charge in [-0.05, 0) is 76.1 Å². The molecule has 2 atom stereocenters. The van der Waals surface area contributed by atoms with Gasteiger partial charge < -0.3 is 36.2 Å². The summed E-state index contributed by atoms with van der Waals surface area (Å²) >= 11 is 0. The summed E-state index contributed by atoms with van der Waals surface area (Å²) in [5.74, 6) is 0.754. The maximum Gasteiger partial charge on any atom is 0.253 e. The third-order valence-electron chi connectivity index (χ3n) is 7.91. The number of carbonyl (C=O) groups is 1. The van der Waals surface area contributed by atoms with E-state index in [1.165, 1.54) is 11.3 Å². The first kappa shape index (κ1) is 27.7. The van der Waals surface area contributed by atoms with Crippen molar-refractivity contribution >= 4 is 29.1 Å². The zero-order valence-corrected chi connectivity index (χ0v) is 23.8. The van der Waals surface area contributed by atoms with Gasteiger partial charge in [-0.1, -0.05) is 12.1 Å². The SMILES string of the molecule is C=CCNC(=O)C1=CNC(Nc2ccc(N3CCN(C)CC3)c(C)c2)=NC1(C)Nc1ccc2c(n1)[C@](C)(O)CC2. The van der Waals surface area contributed by atoms with E-state index in [-0.39, 0.29) is 5.91 Å². The molecule has 1 unspecified atom stereocenters. The average molecular weight is 545 g/mol. The Bertz CT molecular complexity index is 1360. The minimum Gasteiger partial charge on any atom is -0.384 e. The van der Waals surface area contributed by atoms with Gasteiger partial charge in [0.25, 0.3) is 5.91 Å². The molecule has 0 radical (unpaired) electrons. The highest BCUT2D eigenvalue weighted by Crippen LogP contribution is 2.36. The van der Waals surface area contributed by atoms with Crippen LogP contribution < -0.4 is 26.2 Å². The summed E-state index contributed by atoms with van der Waals surface area (Å²) in [6, 6.07) is 10.2. The predicted molar refractivity (Wildman–Crippen MR) is 161 cm³/mol.